The molecule has 1 amide bonds. The summed E-state index contributed by atoms with van der Waals surface area (Å²) >= 11 is 0. The van der Waals surface area contributed by atoms with Gasteiger partial charge in [0.15, 0.2) is 5.60 Å². The molecule has 2 aliphatic rings. The van der Waals surface area contributed by atoms with Crippen LogP contribution in [0, 0.1) is 5.92 Å². The maximum atomic E-state index is 13.5. The smallest absolute Gasteiger partial charge is 0.347 e. The average molecular weight is 519 g/mol. The van der Waals surface area contributed by atoms with Crippen LogP contribution in [-0.4, -0.2) is 38.9 Å². The Labute approximate surface area is 227 Å². The molecule has 2 aromatic rings. The molecule has 0 atom stereocenters. The number of rotatable bonds is 11. The second kappa shape index (κ2) is 11.3. The molecule has 4 rings (SSSR count). The first kappa shape index (κ1) is 27.9. The van der Waals surface area contributed by atoms with Crippen LogP contribution in [-0.2, 0) is 22.6 Å². The van der Waals surface area contributed by atoms with E-state index in [1.54, 1.807) is 13.8 Å². The third-order valence-corrected chi connectivity index (χ3v) is 7.69. The molecule has 1 aliphatic heterocycles. The van der Waals surface area contributed by atoms with Crippen LogP contribution in [0.2, 0.25) is 0 Å². The Morgan fingerprint density at radius 1 is 1.13 bits per heavy atom. The van der Waals surface area contributed by atoms with Crippen LogP contribution in [0.25, 0.3) is 11.1 Å². The summed E-state index contributed by atoms with van der Waals surface area (Å²) in [5.74, 6) is 1.13. The normalized spacial score (nSPS) is 16.9. The monoisotopic (exact) mass is 518 g/mol. The van der Waals surface area contributed by atoms with Crippen molar-refractivity contribution in [1.29, 1.82) is 0 Å². The molecular weight excluding hydrogens is 476 g/mol. The highest BCUT2D eigenvalue weighted by Gasteiger charge is 2.49. The van der Waals surface area contributed by atoms with E-state index in [4.69, 9.17) is 9.73 Å². The highest BCUT2D eigenvalue weighted by molar-refractivity contribution is 6.08. The lowest BCUT2D eigenvalue weighted by Crippen LogP contribution is -2.40. The Kier molecular flexibility index (Phi) is 8.29. The summed E-state index contributed by atoms with van der Waals surface area (Å²) in [5, 5.41) is 9.50. The van der Waals surface area contributed by atoms with Gasteiger partial charge in [-0.1, -0.05) is 70.4 Å². The molecule has 38 heavy (non-hydrogen) atoms. The maximum Gasteiger partial charge on any atom is 0.347 e. The Hall–Kier alpha value is -3.15. The van der Waals surface area contributed by atoms with Gasteiger partial charge in [-0.05, 0) is 79.8 Å². The summed E-state index contributed by atoms with van der Waals surface area (Å²) < 4.78 is 5.84. The van der Waals surface area contributed by atoms with Gasteiger partial charge in [0, 0.05) is 6.42 Å². The predicted octanol–water partition coefficient (Wildman–Crippen LogP) is 7.04. The number of hydrogen-bond donors (Lipinski definition) is 1. The van der Waals surface area contributed by atoms with E-state index in [0.29, 0.717) is 18.2 Å². The van der Waals surface area contributed by atoms with Crippen LogP contribution in [0.5, 0.6) is 5.75 Å². The van der Waals surface area contributed by atoms with Gasteiger partial charge in [-0.25, -0.2) is 4.79 Å². The fourth-order valence-corrected chi connectivity index (χ4v) is 5.51. The number of amides is 1. The first-order valence-corrected chi connectivity index (χ1v) is 14.1. The van der Waals surface area contributed by atoms with Gasteiger partial charge in [0.2, 0.25) is 0 Å². The number of amidine groups is 1. The highest BCUT2D eigenvalue weighted by atomic mass is 16.5. The quantitative estimate of drug-likeness (QED) is 0.346. The zero-order valence-electron chi connectivity index (χ0n) is 23.5. The van der Waals surface area contributed by atoms with Crippen molar-refractivity contribution in [2.45, 2.75) is 104 Å². The number of carbonyl (C=O) groups is 2. The van der Waals surface area contributed by atoms with Crippen LogP contribution < -0.4 is 4.74 Å². The summed E-state index contributed by atoms with van der Waals surface area (Å²) in [7, 11) is 0. The van der Waals surface area contributed by atoms with Crippen molar-refractivity contribution >= 4 is 17.7 Å². The number of aliphatic imine (C=N–C) groups is 1. The van der Waals surface area contributed by atoms with Crippen molar-refractivity contribution in [1.82, 2.24) is 4.90 Å². The minimum atomic E-state index is -1.32. The van der Waals surface area contributed by atoms with Gasteiger partial charge in [-0.15, -0.1) is 0 Å². The Morgan fingerprint density at radius 2 is 1.82 bits per heavy atom. The number of aliphatic carboxylic acids is 1. The van der Waals surface area contributed by atoms with Gasteiger partial charge >= 0.3 is 5.97 Å². The molecule has 6 heteroatoms. The number of nitrogens with zero attached hydrogens (tertiary/aromatic N) is 2. The topological polar surface area (TPSA) is 79.2 Å². The molecule has 6 nitrogen and oxygen atoms in total. The largest absolute Gasteiger partial charge is 0.478 e. The minimum Gasteiger partial charge on any atom is -0.478 e. The molecule has 1 aliphatic carbocycles. The molecule has 1 spiro atoms. The van der Waals surface area contributed by atoms with Crippen LogP contribution in [0.3, 0.4) is 0 Å². The molecule has 1 fully saturated rings. The van der Waals surface area contributed by atoms with E-state index in [0.717, 1.165) is 73.9 Å². The van der Waals surface area contributed by atoms with Crippen molar-refractivity contribution in [2.75, 3.05) is 0 Å². The number of hydrogen-bond acceptors (Lipinski definition) is 4. The molecule has 2 aromatic carbocycles. The van der Waals surface area contributed by atoms with Crippen molar-refractivity contribution in [3.8, 4) is 16.9 Å². The molecule has 1 N–H and O–H groups in total. The molecule has 0 bridgehead atoms. The molecule has 0 aromatic heterocycles. The summed E-state index contributed by atoms with van der Waals surface area (Å²) in [6.07, 6.45) is 7.75. The fraction of sp³-hybridized carbons (Fsp3) is 0.531. The first-order chi connectivity index (χ1) is 18.0. The van der Waals surface area contributed by atoms with Gasteiger partial charge in [-0.3, -0.25) is 14.7 Å². The molecule has 204 valence electrons. The second-order valence-electron chi connectivity index (χ2n) is 11.8. The summed E-state index contributed by atoms with van der Waals surface area (Å²) in [5.41, 5.74) is 2.51. The Bertz CT molecular complexity index is 1190. The van der Waals surface area contributed by atoms with E-state index in [9.17, 15) is 14.7 Å². The van der Waals surface area contributed by atoms with Crippen molar-refractivity contribution in [3.63, 3.8) is 0 Å². The number of carboxylic acids is 1. The summed E-state index contributed by atoms with van der Waals surface area (Å²) in [6, 6.07) is 14.2. The lowest BCUT2D eigenvalue weighted by atomic mass is 9.92. The van der Waals surface area contributed by atoms with E-state index in [2.05, 4.69) is 45.0 Å². The van der Waals surface area contributed by atoms with Crippen LogP contribution in [0.1, 0.15) is 90.7 Å². The van der Waals surface area contributed by atoms with Crippen LogP contribution >= 0.6 is 0 Å². The lowest BCUT2D eigenvalue weighted by molar-refractivity contribution is -0.152. The average Bonchev–Trinajstić information content (AvgIpc) is 3.44. The van der Waals surface area contributed by atoms with E-state index in [1.165, 1.54) is 5.56 Å². The zero-order valence-corrected chi connectivity index (χ0v) is 23.5. The summed E-state index contributed by atoms with van der Waals surface area (Å²) in [6.45, 7) is 10.2. The van der Waals surface area contributed by atoms with E-state index < -0.39 is 17.1 Å². The number of carbonyl (C=O) groups excluding carboxylic acids is 1. The third kappa shape index (κ3) is 5.95. The van der Waals surface area contributed by atoms with Crippen LogP contribution in [0.15, 0.2) is 47.5 Å². The van der Waals surface area contributed by atoms with Crippen molar-refractivity contribution < 1.29 is 19.4 Å². The molecular formula is C32H42N2O4. The second-order valence-corrected chi connectivity index (χ2v) is 11.8. The van der Waals surface area contributed by atoms with E-state index in [-0.39, 0.29) is 5.91 Å². The third-order valence-electron chi connectivity index (χ3n) is 7.69. The zero-order chi connectivity index (χ0) is 27.5. The Balaban J connectivity index is 1.59. The highest BCUT2D eigenvalue weighted by Crippen LogP contribution is 2.40. The van der Waals surface area contributed by atoms with E-state index in [1.807, 2.05) is 23.1 Å². The standard InChI is InChI=1S/C32H42N2O4/c1-6-7-10-28-33-32(17-8-9-18-32)29(35)34(28)21-23-11-13-24(14-12-23)27-20-26(38-31(4,5)30(36)37)16-15-25(27)19-22(2)3/h11-16,20,22H,6-10,17-19,21H2,1-5H3,(H,36,37). The van der Waals surface area contributed by atoms with Gasteiger partial charge < -0.3 is 9.84 Å². The van der Waals surface area contributed by atoms with E-state index >= 15 is 0 Å². The maximum absolute atomic E-state index is 13.5. The van der Waals surface area contributed by atoms with Gasteiger partial charge in [0.05, 0.1) is 6.54 Å². The van der Waals surface area contributed by atoms with Crippen molar-refractivity contribution in [2.24, 2.45) is 10.9 Å². The molecule has 1 saturated carbocycles. The molecule has 0 unspecified atom stereocenters. The molecule has 1 heterocycles. The van der Waals surface area contributed by atoms with Crippen molar-refractivity contribution in [3.05, 3.63) is 53.6 Å². The minimum absolute atomic E-state index is 0.176. The van der Waals surface area contributed by atoms with Gasteiger partial charge in [-0.2, -0.15) is 0 Å². The van der Waals surface area contributed by atoms with Gasteiger partial charge in [0.1, 0.15) is 17.1 Å². The van der Waals surface area contributed by atoms with Gasteiger partial charge in [0.25, 0.3) is 5.91 Å². The lowest BCUT2D eigenvalue weighted by Gasteiger charge is -2.23. The Morgan fingerprint density at radius 3 is 2.42 bits per heavy atom. The number of benzene rings is 2. The fourth-order valence-electron chi connectivity index (χ4n) is 5.51. The predicted molar refractivity (Wildman–Crippen MR) is 151 cm³/mol. The molecule has 0 saturated heterocycles. The molecule has 0 radical (unpaired) electrons. The van der Waals surface area contributed by atoms with Crippen LogP contribution in [0.4, 0.5) is 0 Å². The SMILES string of the molecule is CCCCC1=NC2(CCCC2)C(=O)N1Cc1ccc(-c2cc(OC(C)(C)C(=O)O)ccc2CC(C)C)cc1. The number of ether oxygens (including phenoxy) is 1. The number of unbranched alkanes of at least 4 members (excludes halogenated alkanes) is 1. The first-order valence-electron chi connectivity index (χ1n) is 14.1. The number of carboxylic acid groups (broad SMARTS) is 1. The summed E-state index contributed by atoms with van der Waals surface area (Å²) in [4.78, 5) is 32.0.